The van der Waals surface area contributed by atoms with E-state index in [1.165, 1.54) is 0 Å². The molecule has 4 nitrogen and oxygen atoms in total. The number of ether oxygens (including phenoxy) is 1. The Morgan fingerprint density at radius 2 is 2.00 bits per heavy atom. The molecule has 0 saturated heterocycles. The standard InChI is InChI=1S/C12H26N2O2/c1-5-10(7-13)12(15)14-11(9(3)4)8-16-6-2/h9-11H,5-8,13H2,1-4H3,(H,14,15). The van der Waals surface area contributed by atoms with Gasteiger partial charge >= 0.3 is 0 Å². The highest BCUT2D eigenvalue weighted by atomic mass is 16.5. The minimum Gasteiger partial charge on any atom is -0.380 e. The van der Waals surface area contributed by atoms with Crippen LogP contribution < -0.4 is 11.1 Å². The molecule has 16 heavy (non-hydrogen) atoms. The van der Waals surface area contributed by atoms with Crippen molar-refractivity contribution in [2.75, 3.05) is 19.8 Å². The molecule has 0 fully saturated rings. The van der Waals surface area contributed by atoms with Crippen LogP contribution in [0.1, 0.15) is 34.1 Å². The molecule has 0 aliphatic rings. The van der Waals surface area contributed by atoms with E-state index in [1.807, 2.05) is 13.8 Å². The van der Waals surface area contributed by atoms with Gasteiger partial charge in [0.2, 0.25) is 5.91 Å². The molecule has 1 amide bonds. The summed E-state index contributed by atoms with van der Waals surface area (Å²) in [4.78, 5) is 11.8. The molecule has 0 aromatic rings. The van der Waals surface area contributed by atoms with Gasteiger partial charge in [-0.3, -0.25) is 4.79 Å². The van der Waals surface area contributed by atoms with Crippen LogP contribution in [0.2, 0.25) is 0 Å². The molecule has 3 N–H and O–H groups in total. The molecule has 0 heterocycles. The quantitative estimate of drug-likeness (QED) is 0.657. The van der Waals surface area contributed by atoms with Crippen LogP contribution in [-0.4, -0.2) is 31.7 Å². The van der Waals surface area contributed by atoms with Gasteiger partial charge in [-0.2, -0.15) is 0 Å². The van der Waals surface area contributed by atoms with Gasteiger partial charge in [0.15, 0.2) is 0 Å². The van der Waals surface area contributed by atoms with E-state index in [0.717, 1.165) is 6.42 Å². The van der Waals surface area contributed by atoms with Crippen LogP contribution in [0.5, 0.6) is 0 Å². The maximum absolute atomic E-state index is 11.8. The first-order valence-corrected chi connectivity index (χ1v) is 6.14. The van der Waals surface area contributed by atoms with Crippen LogP contribution in [-0.2, 0) is 9.53 Å². The van der Waals surface area contributed by atoms with Crippen molar-refractivity contribution in [1.29, 1.82) is 0 Å². The summed E-state index contributed by atoms with van der Waals surface area (Å²) in [6, 6.07) is 0.0769. The third-order valence-corrected chi connectivity index (χ3v) is 2.78. The zero-order valence-electron chi connectivity index (χ0n) is 11.0. The maximum atomic E-state index is 11.8. The second-order valence-electron chi connectivity index (χ2n) is 4.36. The van der Waals surface area contributed by atoms with Gasteiger partial charge in [-0.15, -0.1) is 0 Å². The number of rotatable bonds is 8. The van der Waals surface area contributed by atoms with E-state index in [1.54, 1.807) is 0 Å². The first-order chi connectivity index (χ1) is 7.56. The smallest absolute Gasteiger partial charge is 0.224 e. The molecule has 96 valence electrons. The van der Waals surface area contributed by atoms with Gasteiger partial charge in [-0.25, -0.2) is 0 Å². The molecule has 2 atom stereocenters. The second kappa shape index (κ2) is 8.53. The Morgan fingerprint density at radius 1 is 1.38 bits per heavy atom. The molecule has 0 spiro atoms. The highest BCUT2D eigenvalue weighted by Gasteiger charge is 2.20. The van der Waals surface area contributed by atoms with E-state index >= 15 is 0 Å². The number of carbonyl (C=O) groups excluding carboxylic acids is 1. The Morgan fingerprint density at radius 3 is 2.38 bits per heavy atom. The van der Waals surface area contributed by atoms with Crippen LogP contribution in [0.15, 0.2) is 0 Å². The molecule has 4 heteroatoms. The highest BCUT2D eigenvalue weighted by Crippen LogP contribution is 2.06. The van der Waals surface area contributed by atoms with E-state index in [0.29, 0.717) is 25.7 Å². The summed E-state index contributed by atoms with van der Waals surface area (Å²) in [6.07, 6.45) is 0.780. The summed E-state index contributed by atoms with van der Waals surface area (Å²) in [5.74, 6) is 0.331. The normalized spacial score (nSPS) is 14.9. The zero-order chi connectivity index (χ0) is 12.6. The maximum Gasteiger partial charge on any atom is 0.224 e. The summed E-state index contributed by atoms with van der Waals surface area (Å²) < 4.78 is 5.36. The topological polar surface area (TPSA) is 64.3 Å². The van der Waals surface area contributed by atoms with Gasteiger partial charge in [-0.05, 0) is 19.3 Å². The molecule has 0 aliphatic heterocycles. The minimum absolute atomic E-state index is 0.0448. The number of nitrogens with one attached hydrogen (secondary N) is 1. The first kappa shape index (κ1) is 15.4. The third-order valence-electron chi connectivity index (χ3n) is 2.78. The van der Waals surface area contributed by atoms with Crippen molar-refractivity contribution in [2.24, 2.45) is 17.6 Å². The van der Waals surface area contributed by atoms with Crippen molar-refractivity contribution in [3.8, 4) is 0 Å². The SMILES string of the molecule is CCOCC(NC(=O)C(CC)CN)C(C)C. The lowest BCUT2D eigenvalue weighted by Gasteiger charge is -2.24. The molecular formula is C12H26N2O2. The lowest BCUT2D eigenvalue weighted by atomic mass is 10.0. The van der Waals surface area contributed by atoms with Crippen LogP contribution in [0.4, 0.5) is 0 Å². The Labute approximate surface area is 98.9 Å². The lowest BCUT2D eigenvalue weighted by Crippen LogP contribution is -2.45. The predicted octanol–water partition coefficient (Wildman–Crippen LogP) is 1.15. The molecule has 0 aliphatic carbocycles. The van der Waals surface area contributed by atoms with Crippen molar-refractivity contribution < 1.29 is 9.53 Å². The summed E-state index contributed by atoms with van der Waals surface area (Å²) in [7, 11) is 0. The average molecular weight is 230 g/mol. The van der Waals surface area contributed by atoms with Crippen LogP contribution in [0.3, 0.4) is 0 Å². The fourth-order valence-corrected chi connectivity index (χ4v) is 1.41. The van der Waals surface area contributed by atoms with E-state index in [9.17, 15) is 4.79 Å². The monoisotopic (exact) mass is 230 g/mol. The summed E-state index contributed by atoms with van der Waals surface area (Å²) >= 11 is 0. The van der Waals surface area contributed by atoms with E-state index in [-0.39, 0.29) is 17.9 Å². The summed E-state index contributed by atoms with van der Waals surface area (Å²) in [6.45, 7) is 9.73. The van der Waals surface area contributed by atoms with E-state index < -0.39 is 0 Å². The largest absolute Gasteiger partial charge is 0.380 e. The van der Waals surface area contributed by atoms with Crippen LogP contribution in [0, 0.1) is 11.8 Å². The second-order valence-corrected chi connectivity index (χ2v) is 4.36. The van der Waals surface area contributed by atoms with Gasteiger partial charge in [0.1, 0.15) is 0 Å². The van der Waals surface area contributed by atoms with E-state index in [4.69, 9.17) is 10.5 Å². The van der Waals surface area contributed by atoms with Gasteiger partial charge in [0, 0.05) is 19.1 Å². The molecule has 2 unspecified atom stereocenters. The van der Waals surface area contributed by atoms with Crippen molar-refractivity contribution in [1.82, 2.24) is 5.32 Å². The Balaban J connectivity index is 4.21. The summed E-state index contributed by atoms with van der Waals surface area (Å²) in [5.41, 5.74) is 5.54. The average Bonchev–Trinajstić information content (AvgIpc) is 2.25. The highest BCUT2D eigenvalue weighted by molar-refractivity contribution is 5.79. The molecule has 0 aromatic heterocycles. The molecule has 0 aromatic carbocycles. The number of amides is 1. The van der Waals surface area contributed by atoms with Gasteiger partial charge < -0.3 is 15.8 Å². The Kier molecular flexibility index (Phi) is 8.21. The van der Waals surface area contributed by atoms with E-state index in [2.05, 4.69) is 19.2 Å². The first-order valence-electron chi connectivity index (χ1n) is 6.14. The van der Waals surface area contributed by atoms with Gasteiger partial charge in [-0.1, -0.05) is 20.8 Å². The lowest BCUT2D eigenvalue weighted by molar-refractivity contribution is -0.126. The molecule has 0 radical (unpaired) electrons. The van der Waals surface area contributed by atoms with Gasteiger partial charge in [0.25, 0.3) is 0 Å². The molecule has 0 rings (SSSR count). The molecule has 0 bridgehead atoms. The Hall–Kier alpha value is -0.610. The Bertz CT molecular complexity index is 191. The van der Waals surface area contributed by atoms with Crippen LogP contribution in [0.25, 0.3) is 0 Å². The predicted molar refractivity (Wildman–Crippen MR) is 66.1 cm³/mol. The molecule has 0 saturated carbocycles. The molecular weight excluding hydrogens is 204 g/mol. The zero-order valence-corrected chi connectivity index (χ0v) is 11.0. The number of hydrogen-bond acceptors (Lipinski definition) is 3. The number of carbonyl (C=O) groups is 1. The van der Waals surface area contributed by atoms with Crippen molar-refractivity contribution in [3.05, 3.63) is 0 Å². The minimum atomic E-state index is -0.0807. The fraction of sp³-hybridized carbons (Fsp3) is 0.917. The number of hydrogen-bond donors (Lipinski definition) is 2. The van der Waals surface area contributed by atoms with Gasteiger partial charge in [0.05, 0.1) is 12.6 Å². The summed E-state index contributed by atoms with van der Waals surface area (Å²) in [5, 5.41) is 3.01. The van der Waals surface area contributed by atoms with Crippen molar-refractivity contribution >= 4 is 5.91 Å². The number of nitrogens with two attached hydrogens (primary N) is 1. The van der Waals surface area contributed by atoms with Crippen molar-refractivity contribution in [2.45, 2.75) is 40.2 Å². The van der Waals surface area contributed by atoms with Crippen molar-refractivity contribution in [3.63, 3.8) is 0 Å². The third kappa shape index (κ3) is 5.47. The van der Waals surface area contributed by atoms with Crippen LogP contribution >= 0.6 is 0 Å². The fourth-order valence-electron chi connectivity index (χ4n) is 1.41.